The summed E-state index contributed by atoms with van der Waals surface area (Å²) in [5.41, 5.74) is 3.41. The van der Waals surface area contributed by atoms with E-state index in [0.29, 0.717) is 47.3 Å². The fraction of sp³-hybridized carbons (Fsp3) is 0.344. The number of likely N-dealkylation sites (tertiary alicyclic amines) is 1. The molecule has 2 saturated heterocycles. The van der Waals surface area contributed by atoms with E-state index in [1.165, 1.54) is 23.6 Å². The Kier molecular flexibility index (Phi) is 8.56. The smallest absolute Gasteiger partial charge is 0.274 e. The van der Waals surface area contributed by atoms with Gasteiger partial charge in [-0.2, -0.15) is 9.65 Å². The maximum Gasteiger partial charge on any atom is 0.274 e. The lowest BCUT2D eigenvalue weighted by molar-refractivity contribution is -0.130. The van der Waals surface area contributed by atoms with Crippen LogP contribution >= 0.6 is 11.3 Å². The highest BCUT2D eigenvalue weighted by Crippen LogP contribution is 2.39. The maximum atomic E-state index is 13.5. The summed E-state index contributed by atoms with van der Waals surface area (Å²) >= 11 is 1.37. The van der Waals surface area contributed by atoms with Crippen molar-refractivity contribution >= 4 is 34.0 Å². The van der Waals surface area contributed by atoms with Gasteiger partial charge in [-0.15, -0.1) is 11.3 Å². The van der Waals surface area contributed by atoms with Crippen molar-refractivity contribution in [3.63, 3.8) is 0 Å². The van der Waals surface area contributed by atoms with Crippen molar-refractivity contribution in [3.05, 3.63) is 88.7 Å². The third-order valence-electron chi connectivity index (χ3n) is 8.14. The number of piperidine rings is 1. The zero-order chi connectivity index (χ0) is 30.6. The third-order valence-corrected chi connectivity index (χ3v) is 8.91. The molecule has 0 saturated carbocycles. The number of halogens is 1. The number of amides is 2. The molecule has 0 radical (unpaired) electrons. The molecule has 44 heavy (non-hydrogen) atoms. The van der Waals surface area contributed by atoms with E-state index in [1.807, 2.05) is 28.5 Å². The zero-order valence-corrected chi connectivity index (χ0v) is 25.1. The van der Waals surface area contributed by atoms with E-state index in [2.05, 4.69) is 21.3 Å². The normalized spacial score (nSPS) is 17.0. The van der Waals surface area contributed by atoms with Gasteiger partial charge in [-0.3, -0.25) is 14.9 Å². The van der Waals surface area contributed by atoms with E-state index >= 15 is 0 Å². The highest BCUT2D eigenvalue weighted by Gasteiger charge is 2.30. The van der Waals surface area contributed by atoms with Crippen LogP contribution in [0.3, 0.4) is 0 Å². The quantitative estimate of drug-likeness (QED) is 0.265. The van der Waals surface area contributed by atoms with Crippen molar-refractivity contribution in [2.45, 2.75) is 51.3 Å². The van der Waals surface area contributed by atoms with E-state index in [1.54, 1.807) is 35.9 Å². The first-order valence-corrected chi connectivity index (χ1v) is 15.5. The number of ether oxygens (including phenoxy) is 1. The Morgan fingerprint density at radius 3 is 2.77 bits per heavy atom. The standard InChI is InChI=1S/C32H32FN7O3S/c1-21(41)38-14-9-25(10-15-38)43-29-7-6-24(17-23(29)18-34)40-13-3-4-27(40)26-20-44-32(36-26)37-31(42)28-5-2-12-39(28)19-22-8-11-35-30(33)16-22/h2,5-8,11-12,16-17,20,25,27H,3-4,9-10,13-15,19H2,1H3,(H,36,37,42)/t27-/m1/s1. The number of hydrogen-bond donors (Lipinski definition) is 1. The number of nitrogens with one attached hydrogen (secondary N) is 1. The largest absolute Gasteiger partial charge is 0.489 e. The molecule has 0 aliphatic carbocycles. The molecule has 6 rings (SSSR count). The van der Waals surface area contributed by atoms with Gasteiger partial charge < -0.3 is 19.1 Å². The molecule has 226 valence electrons. The predicted octanol–water partition coefficient (Wildman–Crippen LogP) is 5.38. The number of thiazole rings is 1. The van der Waals surface area contributed by atoms with Crippen molar-refractivity contribution in [2.75, 3.05) is 29.9 Å². The number of carbonyl (C=O) groups excluding carboxylic acids is 2. The summed E-state index contributed by atoms with van der Waals surface area (Å²) in [7, 11) is 0. The van der Waals surface area contributed by atoms with Gasteiger partial charge in [0, 0.05) is 69.4 Å². The molecular weight excluding hydrogens is 581 g/mol. The van der Waals surface area contributed by atoms with Gasteiger partial charge in [0.05, 0.1) is 17.3 Å². The topological polar surface area (TPSA) is 116 Å². The minimum atomic E-state index is -0.562. The molecule has 0 unspecified atom stereocenters. The highest BCUT2D eigenvalue weighted by molar-refractivity contribution is 7.14. The Labute approximate surface area is 258 Å². The van der Waals surface area contributed by atoms with Crippen LogP contribution in [0.5, 0.6) is 5.75 Å². The molecule has 0 bridgehead atoms. The molecule has 2 aliphatic heterocycles. The van der Waals surface area contributed by atoms with Gasteiger partial charge in [-0.1, -0.05) is 0 Å². The van der Waals surface area contributed by atoms with Crippen LogP contribution in [0.15, 0.2) is 60.2 Å². The summed E-state index contributed by atoms with van der Waals surface area (Å²) in [6.45, 7) is 4.05. The summed E-state index contributed by atoms with van der Waals surface area (Å²) in [4.78, 5) is 37.2. The van der Waals surface area contributed by atoms with Crippen molar-refractivity contribution in [1.29, 1.82) is 5.26 Å². The number of pyridine rings is 1. The van der Waals surface area contributed by atoms with Crippen LogP contribution in [0.25, 0.3) is 0 Å². The monoisotopic (exact) mass is 613 g/mol. The molecule has 1 atom stereocenters. The SMILES string of the molecule is CC(=O)N1CCC(Oc2ccc(N3CCC[C@@H]3c3csc(NC(=O)c4cccn4Cc4ccnc(F)c4)n3)cc2C#N)CC1. The van der Waals surface area contributed by atoms with Gasteiger partial charge in [0.1, 0.15) is 23.6 Å². The second-order valence-electron chi connectivity index (χ2n) is 11.0. The Hall–Kier alpha value is -4.76. The first-order valence-electron chi connectivity index (χ1n) is 14.6. The van der Waals surface area contributed by atoms with Crippen molar-refractivity contribution in [3.8, 4) is 11.8 Å². The third kappa shape index (κ3) is 6.43. The van der Waals surface area contributed by atoms with Gasteiger partial charge >= 0.3 is 0 Å². The Balaban J connectivity index is 1.11. The van der Waals surface area contributed by atoms with E-state index in [9.17, 15) is 19.2 Å². The molecule has 10 nitrogen and oxygen atoms in total. The zero-order valence-electron chi connectivity index (χ0n) is 24.3. The summed E-state index contributed by atoms with van der Waals surface area (Å²) in [5, 5.41) is 15.3. The van der Waals surface area contributed by atoms with Gasteiger partial charge in [0.15, 0.2) is 5.13 Å². The van der Waals surface area contributed by atoms with E-state index in [-0.39, 0.29) is 24.0 Å². The number of hydrogen-bond acceptors (Lipinski definition) is 8. The lowest BCUT2D eigenvalue weighted by atomic mass is 10.1. The lowest BCUT2D eigenvalue weighted by Gasteiger charge is -2.32. The van der Waals surface area contributed by atoms with Crippen LogP contribution in [0.2, 0.25) is 0 Å². The van der Waals surface area contributed by atoms with Crippen molar-refractivity contribution < 1.29 is 18.7 Å². The number of aromatic nitrogens is 3. The number of benzene rings is 1. The van der Waals surface area contributed by atoms with Crippen molar-refractivity contribution in [2.24, 2.45) is 0 Å². The van der Waals surface area contributed by atoms with Crippen LogP contribution in [0, 0.1) is 17.3 Å². The summed E-state index contributed by atoms with van der Waals surface area (Å²) in [6, 6.07) is 14.6. The van der Waals surface area contributed by atoms with Gasteiger partial charge in [-0.05, 0) is 60.9 Å². The average Bonchev–Trinajstić information content (AvgIpc) is 3.79. The molecule has 0 spiro atoms. The van der Waals surface area contributed by atoms with Gasteiger partial charge in [0.2, 0.25) is 11.9 Å². The van der Waals surface area contributed by atoms with Gasteiger partial charge in [0.25, 0.3) is 5.91 Å². The molecule has 3 aromatic heterocycles. The predicted molar refractivity (Wildman–Crippen MR) is 164 cm³/mol. The van der Waals surface area contributed by atoms with E-state index in [0.717, 1.165) is 43.6 Å². The summed E-state index contributed by atoms with van der Waals surface area (Å²) in [5.74, 6) is -0.223. The molecule has 5 heterocycles. The second-order valence-corrected chi connectivity index (χ2v) is 11.9. The highest BCUT2D eigenvalue weighted by atomic mass is 32.1. The van der Waals surface area contributed by atoms with Crippen LogP contribution in [-0.2, 0) is 11.3 Å². The molecule has 2 amide bonds. The number of nitriles is 1. The van der Waals surface area contributed by atoms with Crippen LogP contribution in [-0.4, -0.2) is 57.0 Å². The maximum absolute atomic E-state index is 13.5. The second kappa shape index (κ2) is 12.9. The molecule has 2 fully saturated rings. The summed E-state index contributed by atoms with van der Waals surface area (Å²) < 4.78 is 21.5. The van der Waals surface area contributed by atoms with Crippen LogP contribution < -0.4 is 15.0 Å². The average molecular weight is 614 g/mol. The fourth-order valence-electron chi connectivity index (χ4n) is 5.89. The summed E-state index contributed by atoms with van der Waals surface area (Å²) in [6.07, 6.45) is 6.50. The molecular formula is C32H32FN7O3S. The molecule has 4 aromatic rings. The molecule has 2 aliphatic rings. The Morgan fingerprint density at radius 2 is 2.00 bits per heavy atom. The molecule has 1 N–H and O–H groups in total. The number of rotatable bonds is 8. The fourth-order valence-corrected chi connectivity index (χ4v) is 6.64. The lowest BCUT2D eigenvalue weighted by Crippen LogP contribution is -2.40. The first-order chi connectivity index (χ1) is 21.4. The minimum Gasteiger partial charge on any atom is -0.489 e. The Morgan fingerprint density at radius 1 is 1.16 bits per heavy atom. The number of carbonyl (C=O) groups is 2. The van der Waals surface area contributed by atoms with Gasteiger partial charge in [-0.25, -0.2) is 9.97 Å². The minimum absolute atomic E-state index is 0.0107. The van der Waals surface area contributed by atoms with E-state index in [4.69, 9.17) is 9.72 Å². The van der Waals surface area contributed by atoms with E-state index < -0.39 is 5.95 Å². The van der Waals surface area contributed by atoms with Crippen molar-refractivity contribution in [1.82, 2.24) is 19.4 Å². The van der Waals surface area contributed by atoms with Crippen LogP contribution in [0.1, 0.15) is 66.0 Å². The molecule has 12 heteroatoms. The Bertz CT molecular complexity index is 1710. The first kappa shape index (κ1) is 29.3. The number of nitrogens with zero attached hydrogens (tertiary/aromatic N) is 6. The number of anilines is 2. The van der Waals surface area contributed by atoms with Crippen LogP contribution in [0.4, 0.5) is 15.2 Å². The molecule has 1 aromatic carbocycles.